The summed E-state index contributed by atoms with van der Waals surface area (Å²) in [6.07, 6.45) is 0.853. The molecule has 0 amide bonds. The van der Waals surface area contributed by atoms with E-state index in [9.17, 15) is 0 Å². The van der Waals surface area contributed by atoms with Crippen molar-refractivity contribution in [2.24, 2.45) is 0 Å². The zero-order valence-electron chi connectivity index (χ0n) is 14.8. The van der Waals surface area contributed by atoms with E-state index in [1.807, 2.05) is 6.92 Å². The Morgan fingerprint density at radius 2 is 1.12 bits per heavy atom. The van der Waals surface area contributed by atoms with Crippen LogP contribution in [0.5, 0.6) is 0 Å². The number of hydrogen-bond donors (Lipinski definition) is 0. The second-order valence-electron chi connectivity index (χ2n) is 6.61. The molecule has 0 atom stereocenters. The Morgan fingerprint density at radius 1 is 0.692 bits per heavy atom. The van der Waals surface area contributed by atoms with Crippen molar-refractivity contribution < 1.29 is 4.52 Å². The zero-order valence-corrected chi connectivity index (χ0v) is 15.8. The summed E-state index contributed by atoms with van der Waals surface area (Å²) < 4.78 is 5.67. The maximum absolute atomic E-state index is 5.67. The molecular formula is C23H22NOP. The van der Waals surface area contributed by atoms with E-state index in [4.69, 9.17) is 4.52 Å². The number of benzene rings is 3. The minimum absolute atomic E-state index is 0.853. The Balaban J connectivity index is 2.00. The molecule has 0 radical (unpaired) electrons. The van der Waals surface area contributed by atoms with Gasteiger partial charge in [0, 0.05) is 0 Å². The predicted molar refractivity (Wildman–Crippen MR) is 111 cm³/mol. The van der Waals surface area contributed by atoms with Gasteiger partial charge in [-0.05, 0) is 0 Å². The van der Waals surface area contributed by atoms with Gasteiger partial charge >= 0.3 is 154 Å². The van der Waals surface area contributed by atoms with Crippen LogP contribution in [0.2, 0.25) is 0 Å². The standard InChI is InChI=1S/C23H22NOP/c1-19-17-20(25-24-19)18-26(21-11-5-2-6-12-21,22-13-7-3-8-14-22)23-15-9-4-10-16-23/h2-17,26H,18H2,1H3. The van der Waals surface area contributed by atoms with Crippen molar-refractivity contribution in [1.29, 1.82) is 0 Å². The Labute approximate surface area is 154 Å². The maximum atomic E-state index is 5.67. The van der Waals surface area contributed by atoms with Crippen molar-refractivity contribution in [3.63, 3.8) is 0 Å². The van der Waals surface area contributed by atoms with Gasteiger partial charge in [-0.1, -0.05) is 0 Å². The number of hydrogen-bond acceptors (Lipinski definition) is 2. The van der Waals surface area contributed by atoms with Gasteiger partial charge in [-0.25, -0.2) is 0 Å². The van der Waals surface area contributed by atoms with E-state index in [0.29, 0.717) is 0 Å². The molecule has 0 unspecified atom stereocenters. The Bertz CT molecular complexity index is 868. The Kier molecular flexibility index (Phi) is 4.69. The zero-order chi connectivity index (χ0) is 17.8. The van der Waals surface area contributed by atoms with Crippen molar-refractivity contribution in [2.75, 3.05) is 0 Å². The molecule has 4 rings (SSSR count). The molecule has 0 saturated heterocycles. The van der Waals surface area contributed by atoms with Crippen LogP contribution in [0.4, 0.5) is 0 Å². The number of nitrogens with zero attached hydrogens (tertiary/aromatic N) is 1. The first kappa shape index (κ1) is 16.8. The third-order valence-corrected chi connectivity index (χ3v) is 9.75. The molecule has 0 N–H and O–H groups in total. The Hall–Kier alpha value is -2.70. The van der Waals surface area contributed by atoms with Crippen molar-refractivity contribution in [1.82, 2.24) is 5.16 Å². The summed E-state index contributed by atoms with van der Waals surface area (Å²) in [5.74, 6) is 0.950. The first-order valence-corrected chi connectivity index (χ1v) is 11.1. The summed E-state index contributed by atoms with van der Waals surface area (Å²) in [5.41, 5.74) is 0.928. The van der Waals surface area contributed by atoms with Gasteiger partial charge in [-0.15, -0.1) is 0 Å². The Morgan fingerprint density at radius 3 is 1.46 bits per heavy atom. The van der Waals surface area contributed by atoms with E-state index >= 15 is 0 Å². The first-order valence-electron chi connectivity index (χ1n) is 8.88. The van der Waals surface area contributed by atoms with Crippen LogP contribution in [-0.2, 0) is 6.16 Å². The molecule has 0 aliphatic rings. The molecule has 0 spiro atoms. The molecule has 130 valence electrons. The summed E-state index contributed by atoms with van der Waals surface area (Å²) >= 11 is 0. The minimum atomic E-state index is -2.29. The van der Waals surface area contributed by atoms with Gasteiger partial charge in [0.25, 0.3) is 0 Å². The molecule has 1 heterocycles. The number of aromatic nitrogens is 1. The second kappa shape index (κ2) is 7.27. The molecule has 3 aromatic carbocycles. The van der Waals surface area contributed by atoms with Gasteiger partial charge in [0.05, 0.1) is 0 Å². The quantitative estimate of drug-likeness (QED) is 0.499. The molecule has 0 fully saturated rings. The van der Waals surface area contributed by atoms with E-state index in [-0.39, 0.29) is 0 Å². The van der Waals surface area contributed by atoms with Crippen LogP contribution < -0.4 is 15.9 Å². The van der Waals surface area contributed by atoms with E-state index in [2.05, 4.69) is 102 Å². The first-order chi connectivity index (χ1) is 12.8. The number of aryl methyl sites for hydroxylation is 1. The summed E-state index contributed by atoms with van der Waals surface area (Å²) in [5, 5.41) is 8.27. The molecule has 0 aliphatic carbocycles. The van der Waals surface area contributed by atoms with Crippen LogP contribution in [-0.4, -0.2) is 5.16 Å². The number of rotatable bonds is 5. The van der Waals surface area contributed by atoms with E-state index < -0.39 is 7.26 Å². The van der Waals surface area contributed by atoms with Gasteiger partial charge in [-0.3, -0.25) is 0 Å². The van der Waals surface area contributed by atoms with Gasteiger partial charge < -0.3 is 0 Å². The molecule has 0 bridgehead atoms. The molecule has 26 heavy (non-hydrogen) atoms. The average molecular weight is 359 g/mol. The summed E-state index contributed by atoms with van der Waals surface area (Å²) in [6, 6.07) is 34.7. The van der Waals surface area contributed by atoms with Crippen LogP contribution in [0.25, 0.3) is 0 Å². The van der Waals surface area contributed by atoms with E-state index in [1.165, 1.54) is 15.9 Å². The van der Waals surface area contributed by atoms with Gasteiger partial charge in [0.1, 0.15) is 0 Å². The molecule has 2 nitrogen and oxygen atoms in total. The normalized spacial score (nSPS) is 12.0. The fourth-order valence-corrected chi connectivity index (χ4v) is 8.32. The fraction of sp³-hybridized carbons (Fsp3) is 0.0870. The van der Waals surface area contributed by atoms with E-state index in [1.54, 1.807) is 0 Å². The molecule has 1 aromatic heterocycles. The van der Waals surface area contributed by atoms with Crippen molar-refractivity contribution in [3.05, 3.63) is 109 Å². The van der Waals surface area contributed by atoms with Crippen molar-refractivity contribution in [2.45, 2.75) is 13.1 Å². The SMILES string of the molecule is Cc1cc(C[PH](c2ccccc2)(c2ccccc2)c2ccccc2)on1. The molecular weight excluding hydrogens is 337 g/mol. The molecule has 0 aliphatic heterocycles. The average Bonchev–Trinajstić information content (AvgIpc) is 3.13. The van der Waals surface area contributed by atoms with Gasteiger partial charge in [-0.2, -0.15) is 0 Å². The third-order valence-electron chi connectivity index (χ3n) is 4.92. The van der Waals surface area contributed by atoms with Gasteiger partial charge in [0.15, 0.2) is 0 Å². The summed E-state index contributed by atoms with van der Waals surface area (Å²) in [7, 11) is -2.29. The summed E-state index contributed by atoms with van der Waals surface area (Å²) in [6.45, 7) is 1.98. The third kappa shape index (κ3) is 3.09. The second-order valence-corrected chi connectivity index (χ2v) is 10.5. The van der Waals surface area contributed by atoms with Crippen LogP contribution in [0, 0.1) is 6.92 Å². The molecule has 3 heteroatoms. The van der Waals surface area contributed by atoms with Gasteiger partial charge in [0.2, 0.25) is 0 Å². The molecule has 0 saturated carbocycles. The van der Waals surface area contributed by atoms with Crippen LogP contribution >= 0.6 is 7.26 Å². The van der Waals surface area contributed by atoms with E-state index in [0.717, 1.165) is 17.6 Å². The van der Waals surface area contributed by atoms with Crippen molar-refractivity contribution >= 4 is 23.2 Å². The molecule has 4 aromatic rings. The monoisotopic (exact) mass is 359 g/mol. The van der Waals surface area contributed by atoms with Crippen LogP contribution in [0.15, 0.2) is 102 Å². The summed E-state index contributed by atoms with van der Waals surface area (Å²) in [4.78, 5) is 0. The topological polar surface area (TPSA) is 26.0 Å². The van der Waals surface area contributed by atoms with Crippen molar-refractivity contribution in [3.8, 4) is 0 Å². The predicted octanol–water partition coefficient (Wildman–Crippen LogP) is 4.21. The van der Waals surface area contributed by atoms with Crippen LogP contribution in [0.3, 0.4) is 0 Å². The fourth-order valence-electron chi connectivity index (χ4n) is 3.74. The van der Waals surface area contributed by atoms with Crippen LogP contribution in [0.1, 0.15) is 11.5 Å².